The number of hydrogen-bond donors (Lipinski definition) is 1. The number of carboxylic acids is 1. The van der Waals surface area contributed by atoms with E-state index >= 15 is 0 Å². The minimum Gasteiger partial charge on any atom is -0.478 e. The molecule has 5 nitrogen and oxygen atoms in total. The van der Waals surface area contributed by atoms with E-state index in [-0.39, 0.29) is 5.56 Å². The van der Waals surface area contributed by atoms with E-state index in [0.29, 0.717) is 15.1 Å². The molecule has 0 spiro atoms. The second-order valence-corrected chi connectivity index (χ2v) is 4.66. The molecule has 2 aromatic rings. The molecule has 0 saturated heterocycles. The van der Waals surface area contributed by atoms with Crippen molar-refractivity contribution >= 4 is 29.3 Å². The van der Waals surface area contributed by atoms with Crippen molar-refractivity contribution in [1.29, 1.82) is 0 Å². The van der Waals surface area contributed by atoms with Gasteiger partial charge in [0.2, 0.25) is 0 Å². The van der Waals surface area contributed by atoms with Gasteiger partial charge in [-0.2, -0.15) is 5.10 Å². The van der Waals surface area contributed by atoms with Gasteiger partial charge in [0.05, 0.1) is 5.56 Å². The number of halogens is 1. The molecule has 7 heteroatoms. The lowest BCUT2D eigenvalue weighted by molar-refractivity contribution is 0.0693. The van der Waals surface area contributed by atoms with Gasteiger partial charge in [-0.05, 0) is 30.0 Å². The first-order valence-corrected chi connectivity index (χ1v) is 5.82. The third kappa shape index (κ3) is 2.59. The van der Waals surface area contributed by atoms with Crippen molar-refractivity contribution in [2.45, 2.75) is 10.1 Å². The van der Waals surface area contributed by atoms with Crippen molar-refractivity contribution in [2.75, 3.05) is 0 Å². The first kappa shape index (κ1) is 11.9. The van der Waals surface area contributed by atoms with Gasteiger partial charge in [-0.3, -0.25) is 0 Å². The molecule has 0 bridgehead atoms. The zero-order valence-corrected chi connectivity index (χ0v) is 10.4. The molecule has 1 aromatic carbocycles. The monoisotopic (exact) mass is 269 g/mol. The molecule has 1 aromatic heterocycles. The summed E-state index contributed by atoms with van der Waals surface area (Å²) in [6, 6.07) is 4.62. The third-order valence-corrected chi connectivity index (χ3v) is 3.39. The molecule has 0 radical (unpaired) electrons. The van der Waals surface area contributed by atoms with Crippen LogP contribution in [0.25, 0.3) is 0 Å². The van der Waals surface area contributed by atoms with Crippen LogP contribution in [0.2, 0.25) is 5.02 Å². The molecule has 0 aliphatic heterocycles. The Morgan fingerprint density at radius 2 is 2.29 bits per heavy atom. The largest absolute Gasteiger partial charge is 0.478 e. The summed E-state index contributed by atoms with van der Waals surface area (Å²) in [7, 11) is 1.74. The topological polar surface area (TPSA) is 68.0 Å². The van der Waals surface area contributed by atoms with E-state index in [4.69, 9.17) is 16.7 Å². The molecule has 2 rings (SSSR count). The quantitative estimate of drug-likeness (QED) is 0.926. The summed E-state index contributed by atoms with van der Waals surface area (Å²) in [5, 5.41) is 14.1. The van der Waals surface area contributed by atoms with Crippen LogP contribution in [0.15, 0.2) is 34.6 Å². The fourth-order valence-corrected chi connectivity index (χ4v) is 2.40. The van der Waals surface area contributed by atoms with Crippen molar-refractivity contribution in [2.24, 2.45) is 7.05 Å². The minimum atomic E-state index is -0.994. The first-order chi connectivity index (χ1) is 8.08. The van der Waals surface area contributed by atoms with Gasteiger partial charge in [0.25, 0.3) is 0 Å². The average molecular weight is 270 g/mol. The number of nitrogens with zero attached hydrogens (tertiary/aromatic N) is 3. The van der Waals surface area contributed by atoms with Crippen LogP contribution < -0.4 is 0 Å². The first-order valence-electron chi connectivity index (χ1n) is 4.62. The molecule has 17 heavy (non-hydrogen) atoms. The Labute approximate surface area is 106 Å². The average Bonchev–Trinajstić information content (AvgIpc) is 2.64. The SMILES string of the molecule is Cn1ncnc1Sc1cc(Cl)ccc1C(=O)O. The summed E-state index contributed by atoms with van der Waals surface area (Å²) in [4.78, 5) is 15.6. The maximum Gasteiger partial charge on any atom is 0.336 e. The molecule has 1 heterocycles. The Bertz CT molecular complexity index is 570. The number of rotatable bonds is 3. The fourth-order valence-electron chi connectivity index (χ4n) is 1.23. The van der Waals surface area contributed by atoms with Gasteiger partial charge < -0.3 is 5.11 Å². The molecule has 0 aliphatic rings. The Morgan fingerprint density at radius 3 is 2.88 bits per heavy atom. The zero-order valence-electron chi connectivity index (χ0n) is 8.79. The van der Waals surface area contributed by atoms with Crippen LogP contribution >= 0.6 is 23.4 Å². The van der Waals surface area contributed by atoms with Crippen molar-refractivity contribution in [3.05, 3.63) is 35.1 Å². The lowest BCUT2D eigenvalue weighted by Crippen LogP contribution is -2.00. The summed E-state index contributed by atoms with van der Waals surface area (Å²) >= 11 is 7.07. The lowest BCUT2D eigenvalue weighted by atomic mass is 10.2. The van der Waals surface area contributed by atoms with Gasteiger partial charge in [-0.15, -0.1) is 0 Å². The Kier molecular flexibility index (Phi) is 3.35. The minimum absolute atomic E-state index is 0.197. The Balaban J connectivity index is 2.41. The summed E-state index contributed by atoms with van der Waals surface area (Å²) in [6.45, 7) is 0. The van der Waals surface area contributed by atoms with Crippen LogP contribution in [0.5, 0.6) is 0 Å². The zero-order chi connectivity index (χ0) is 12.4. The Hall–Kier alpha value is -1.53. The molecule has 0 unspecified atom stereocenters. The second kappa shape index (κ2) is 4.77. The molecular weight excluding hydrogens is 262 g/mol. The van der Waals surface area contributed by atoms with Crippen molar-refractivity contribution in [3.63, 3.8) is 0 Å². The van der Waals surface area contributed by atoms with Gasteiger partial charge in [0.15, 0.2) is 5.16 Å². The van der Waals surface area contributed by atoms with Gasteiger partial charge in [0, 0.05) is 17.0 Å². The maximum atomic E-state index is 11.0. The molecular formula is C10H8ClN3O2S. The van der Waals surface area contributed by atoms with Crippen LogP contribution in [0.3, 0.4) is 0 Å². The highest BCUT2D eigenvalue weighted by Crippen LogP contribution is 2.30. The van der Waals surface area contributed by atoms with Gasteiger partial charge in [0.1, 0.15) is 6.33 Å². The van der Waals surface area contributed by atoms with E-state index in [1.54, 1.807) is 23.9 Å². The van der Waals surface area contributed by atoms with Gasteiger partial charge >= 0.3 is 5.97 Å². The van der Waals surface area contributed by atoms with Crippen LogP contribution in [-0.2, 0) is 7.05 Å². The Morgan fingerprint density at radius 1 is 1.53 bits per heavy atom. The summed E-state index contributed by atoms with van der Waals surface area (Å²) in [5.74, 6) is -0.994. The summed E-state index contributed by atoms with van der Waals surface area (Å²) < 4.78 is 1.57. The van der Waals surface area contributed by atoms with Crippen LogP contribution in [0, 0.1) is 0 Å². The van der Waals surface area contributed by atoms with Crippen molar-refractivity contribution in [3.8, 4) is 0 Å². The number of aromatic nitrogens is 3. The van der Waals surface area contributed by atoms with Gasteiger partial charge in [-0.25, -0.2) is 14.5 Å². The number of hydrogen-bond acceptors (Lipinski definition) is 4. The molecule has 0 atom stereocenters. The van der Waals surface area contributed by atoms with Crippen LogP contribution in [-0.4, -0.2) is 25.8 Å². The van der Waals surface area contributed by atoms with Crippen LogP contribution in [0.1, 0.15) is 10.4 Å². The highest BCUT2D eigenvalue weighted by molar-refractivity contribution is 7.99. The molecule has 0 fully saturated rings. The standard InChI is InChI=1S/C10H8ClN3O2S/c1-14-10(12-5-13-14)17-8-4-6(11)2-3-7(8)9(15)16/h2-5H,1H3,(H,15,16). The molecule has 0 saturated carbocycles. The predicted molar refractivity (Wildman–Crippen MR) is 63.5 cm³/mol. The fraction of sp³-hybridized carbons (Fsp3) is 0.100. The van der Waals surface area contributed by atoms with E-state index < -0.39 is 5.97 Å². The smallest absolute Gasteiger partial charge is 0.336 e. The van der Waals surface area contributed by atoms with E-state index in [1.807, 2.05) is 0 Å². The van der Waals surface area contributed by atoms with Crippen molar-refractivity contribution < 1.29 is 9.90 Å². The van der Waals surface area contributed by atoms with Gasteiger partial charge in [-0.1, -0.05) is 11.6 Å². The third-order valence-electron chi connectivity index (χ3n) is 2.05. The molecule has 0 amide bonds. The molecule has 1 N–H and O–H groups in total. The molecule has 88 valence electrons. The lowest BCUT2D eigenvalue weighted by Gasteiger charge is -2.05. The van der Waals surface area contributed by atoms with Crippen LogP contribution in [0.4, 0.5) is 0 Å². The number of aromatic carboxylic acids is 1. The predicted octanol–water partition coefficient (Wildman–Crippen LogP) is 2.32. The normalized spacial score (nSPS) is 10.5. The summed E-state index contributed by atoms with van der Waals surface area (Å²) in [5.41, 5.74) is 0.197. The number of carbonyl (C=O) groups is 1. The maximum absolute atomic E-state index is 11.0. The highest BCUT2D eigenvalue weighted by atomic mass is 35.5. The van der Waals surface area contributed by atoms with Crippen molar-refractivity contribution in [1.82, 2.24) is 14.8 Å². The van der Waals surface area contributed by atoms with E-state index in [1.165, 1.54) is 24.2 Å². The van der Waals surface area contributed by atoms with E-state index in [0.717, 1.165) is 0 Å². The number of carboxylic acid groups (broad SMARTS) is 1. The number of benzene rings is 1. The second-order valence-electron chi connectivity index (χ2n) is 3.21. The van der Waals surface area contributed by atoms with E-state index in [2.05, 4.69) is 10.1 Å². The molecule has 0 aliphatic carbocycles. The van der Waals surface area contributed by atoms with E-state index in [9.17, 15) is 4.79 Å². The highest BCUT2D eigenvalue weighted by Gasteiger charge is 2.13. The summed E-state index contributed by atoms with van der Waals surface area (Å²) in [6.07, 6.45) is 1.41. The number of aryl methyl sites for hydroxylation is 1.